The monoisotopic (exact) mass is 586 g/mol. The number of carbonyl (C=O) groups is 1. The molecule has 40 heavy (non-hydrogen) atoms. The van der Waals surface area contributed by atoms with Gasteiger partial charge < -0.3 is 25.3 Å². The van der Waals surface area contributed by atoms with Crippen molar-refractivity contribution in [1.82, 2.24) is 15.1 Å². The van der Waals surface area contributed by atoms with Crippen molar-refractivity contribution in [3.05, 3.63) is 54.6 Å². The second-order valence-electron chi connectivity index (χ2n) is 10.0. The number of ether oxygens (including phenoxy) is 1. The van der Waals surface area contributed by atoms with Crippen LogP contribution in [0.25, 0.3) is 0 Å². The van der Waals surface area contributed by atoms with Crippen molar-refractivity contribution >= 4 is 47.0 Å². The van der Waals surface area contributed by atoms with Crippen LogP contribution in [0.1, 0.15) is 12.5 Å². The van der Waals surface area contributed by atoms with Crippen molar-refractivity contribution in [2.45, 2.75) is 24.8 Å². The van der Waals surface area contributed by atoms with Crippen LogP contribution in [0.4, 0.5) is 17.1 Å². The van der Waals surface area contributed by atoms with Gasteiger partial charge in [-0.3, -0.25) is 19.9 Å². The summed E-state index contributed by atoms with van der Waals surface area (Å²) >= 11 is 6.76. The number of carbonyl (C=O) groups excluding carboxylic acids is 1. The van der Waals surface area contributed by atoms with Gasteiger partial charge in [-0.25, -0.2) is 0 Å². The minimum atomic E-state index is -2.51. The molecule has 0 saturated carbocycles. The molecule has 2 aromatic rings. The van der Waals surface area contributed by atoms with Crippen LogP contribution in [-0.4, -0.2) is 87.7 Å². The number of nitrogens with one attached hydrogen (secondary N) is 4. The summed E-state index contributed by atoms with van der Waals surface area (Å²) in [5.74, 6) is 6.54. The van der Waals surface area contributed by atoms with E-state index in [1.54, 1.807) is 32.6 Å². The van der Waals surface area contributed by atoms with Gasteiger partial charge in [0, 0.05) is 23.6 Å². The van der Waals surface area contributed by atoms with Crippen LogP contribution in [0.2, 0.25) is 0 Å². The first kappa shape index (κ1) is 31.5. The number of alkyl halides is 1. The highest BCUT2D eigenvalue weighted by molar-refractivity contribution is 7.70. The van der Waals surface area contributed by atoms with Crippen molar-refractivity contribution in [1.29, 1.82) is 0 Å². The molecular formula is C29H40ClN6O3P. The van der Waals surface area contributed by atoms with E-state index in [2.05, 4.69) is 51.5 Å². The van der Waals surface area contributed by atoms with E-state index in [-0.39, 0.29) is 23.7 Å². The lowest BCUT2D eigenvalue weighted by atomic mass is 10.1. The molecule has 2 aromatic carbocycles. The zero-order valence-corrected chi connectivity index (χ0v) is 25.7. The Balaban J connectivity index is 1.91. The van der Waals surface area contributed by atoms with E-state index < -0.39 is 7.14 Å². The summed E-state index contributed by atoms with van der Waals surface area (Å²) in [7, 11) is 3.01. The fourth-order valence-corrected chi connectivity index (χ4v) is 5.74. The molecule has 1 heterocycles. The molecule has 1 aliphatic heterocycles. The Labute approximate surface area is 243 Å². The molecule has 1 saturated heterocycles. The van der Waals surface area contributed by atoms with Crippen molar-refractivity contribution in [2.75, 3.05) is 70.1 Å². The van der Waals surface area contributed by atoms with E-state index in [1.165, 1.54) is 6.08 Å². The summed E-state index contributed by atoms with van der Waals surface area (Å²) < 4.78 is 18.6. The zero-order valence-electron chi connectivity index (χ0n) is 24.0. The molecule has 3 atom stereocenters. The van der Waals surface area contributed by atoms with Gasteiger partial charge in [-0.1, -0.05) is 37.5 Å². The number of methoxy groups -OCH3 is 1. The van der Waals surface area contributed by atoms with Crippen LogP contribution < -0.4 is 31.3 Å². The lowest BCUT2D eigenvalue weighted by molar-refractivity contribution is -0.111. The first-order valence-electron chi connectivity index (χ1n) is 13.1. The molecule has 3 unspecified atom stereocenters. The van der Waals surface area contributed by atoms with Crippen molar-refractivity contribution in [3.63, 3.8) is 0 Å². The summed E-state index contributed by atoms with van der Waals surface area (Å²) in [6.45, 7) is 11.1. The highest BCUT2D eigenvalue weighted by Crippen LogP contribution is 2.38. The van der Waals surface area contributed by atoms with E-state index in [4.69, 9.17) is 16.3 Å². The number of hydrogen-bond acceptors (Lipinski definition) is 8. The minimum absolute atomic E-state index is 0.271. The minimum Gasteiger partial charge on any atom is -0.495 e. The van der Waals surface area contributed by atoms with Crippen molar-refractivity contribution < 1.29 is 14.1 Å². The van der Waals surface area contributed by atoms with Gasteiger partial charge in [-0.05, 0) is 58.2 Å². The molecule has 9 nitrogen and oxygen atoms in total. The first-order chi connectivity index (χ1) is 19.0. The van der Waals surface area contributed by atoms with Gasteiger partial charge in [-0.2, -0.15) is 0 Å². The van der Waals surface area contributed by atoms with E-state index in [1.807, 2.05) is 43.3 Å². The third-order valence-electron chi connectivity index (χ3n) is 6.67. The number of benzene rings is 2. The summed E-state index contributed by atoms with van der Waals surface area (Å²) in [6.07, 6.45) is 0.595. The highest BCUT2D eigenvalue weighted by atomic mass is 35.5. The Bertz CT molecular complexity index is 1320. The molecule has 0 aromatic heterocycles. The highest BCUT2D eigenvalue weighted by Gasteiger charge is 2.35. The van der Waals surface area contributed by atoms with Gasteiger partial charge in [0.05, 0.1) is 42.1 Å². The maximum atomic E-state index is 12.9. The third kappa shape index (κ3) is 8.03. The molecule has 0 radical (unpaired) electrons. The largest absolute Gasteiger partial charge is 0.495 e. The Hall–Kier alpha value is -2.99. The standard InChI is InChI=1S/C29H40ClN6O3P/c1-8-27(37)32-23-18-24(25(39-5)17-20(23)13-12-16-35(3)9-2)34-29-31-19-21(30)28(36(29)4)33-22-14-10-11-15-26(22)40(6,7)38/h8,10-11,14-15,17-18,21,28-29,31,33-34H,1,9,16,19H2,2-7H3,(H,32,37). The molecule has 0 aliphatic carbocycles. The lowest BCUT2D eigenvalue weighted by Gasteiger charge is -2.44. The average Bonchev–Trinajstić information content (AvgIpc) is 2.92. The summed E-state index contributed by atoms with van der Waals surface area (Å²) in [4.78, 5) is 16.3. The average molecular weight is 587 g/mol. The number of rotatable bonds is 10. The fourth-order valence-electron chi connectivity index (χ4n) is 4.25. The van der Waals surface area contributed by atoms with Gasteiger partial charge in [0.1, 0.15) is 19.2 Å². The smallest absolute Gasteiger partial charge is 0.247 e. The Morgan fingerprint density at radius 1 is 1.27 bits per heavy atom. The van der Waals surface area contributed by atoms with Gasteiger partial charge in [0.25, 0.3) is 0 Å². The molecule has 4 N–H and O–H groups in total. The lowest BCUT2D eigenvalue weighted by Crippen LogP contribution is -2.65. The fraction of sp³-hybridized carbons (Fsp3) is 0.414. The molecule has 11 heteroatoms. The molecule has 216 valence electrons. The van der Waals surface area contributed by atoms with Gasteiger partial charge in [0.15, 0.2) is 0 Å². The SMILES string of the molecule is C=CC(=O)Nc1cc(NC2NCC(Cl)C(Nc3ccccc3P(C)(C)=O)N2C)c(OC)cc1C#CCN(C)CC. The first-order valence-corrected chi connectivity index (χ1v) is 16.1. The number of para-hydroxylation sites is 1. The Morgan fingerprint density at radius 3 is 2.65 bits per heavy atom. The van der Waals surface area contributed by atoms with E-state index in [9.17, 15) is 9.36 Å². The van der Waals surface area contributed by atoms with Crippen LogP contribution in [0, 0.1) is 11.8 Å². The quantitative estimate of drug-likeness (QED) is 0.145. The van der Waals surface area contributed by atoms with Crippen LogP contribution in [-0.2, 0) is 9.36 Å². The molecule has 1 fully saturated rings. The van der Waals surface area contributed by atoms with Crippen LogP contribution >= 0.6 is 18.7 Å². The molecule has 0 spiro atoms. The number of hydrogen-bond donors (Lipinski definition) is 4. The molecule has 1 aliphatic rings. The summed E-state index contributed by atoms with van der Waals surface area (Å²) in [5.41, 5.74) is 2.62. The number of anilines is 3. The van der Waals surface area contributed by atoms with Gasteiger partial charge in [0.2, 0.25) is 5.91 Å². The van der Waals surface area contributed by atoms with Gasteiger partial charge >= 0.3 is 0 Å². The van der Waals surface area contributed by atoms with E-state index in [0.717, 1.165) is 17.5 Å². The van der Waals surface area contributed by atoms with E-state index >= 15 is 0 Å². The van der Waals surface area contributed by atoms with E-state index in [0.29, 0.717) is 35.8 Å². The number of amides is 1. The van der Waals surface area contributed by atoms with Crippen LogP contribution in [0.5, 0.6) is 5.75 Å². The predicted octanol–water partition coefficient (Wildman–Crippen LogP) is 3.65. The van der Waals surface area contributed by atoms with Crippen LogP contribution in [0.15, 0.2) is 49.1 Å². The molecule has 1 amide bonds. The summed E-state index contributed by atoms with van der Waals surface area (Å²) in [6, 6.07) is 11.2. The molecule has 0 bridgehead atoms. The summed E-state index contributed by atoms with van der Waals surface area (Å²) in [5, 5.41) is 13.8. The number of halogens is 1. The predicted molar refractivity (Wildman–Crippen MR) is 168 cm³/mol. The maximum Gasteiger partial charge on any atom is 0.247 e. The molecule has 3 rings (SSSR count). The van der Waals surface area contributed by atoms with Crippen molar-refractivity contribution in [2.24, 2.45) is 0 Å². The topological polar surface area (TPSA) is 98.0 Å². The Kier molecular flexibility index (Phi) is 11.1. The zero-order chi connectivity index (χ0) is 29.4. The third-order valence-corrected chi connectivity index (χ3v) is 8.61. The second-order valence-corrected chi connectivity index (χ2v) is 13.8. The Morgan fingerprint density at radius 2 is 2.00 bits per heavy atom. The molecular weight excluding hydrogens is 547 g/mol. The second kappa shape index (κ2) is 14.1. The maximum absolute atomic E-state index is 12.9. The van der Waals surface area contributed by atoms with Crippen molar-refractivity contribution in [3.8, 4) is 17.6 Å². The van der Waals surface area contributed by atoms with Gasteiger partial charge in [-0.15, -0.1) is 11.6 Å². The number of nitrogens with zero attached hydrogens (tertiary/aromatic N) is 2. The van der Waals surface area contributed by atoms with Crippen LogP contribution in [0.3, 0.4) is 0 Å². The normalized spacial score (nSPS) is 19.4.